The van der Waals surface area contributed by atoms with E-state index in [0.717, 1.165) is 16.3 Å². The van der Waals surface area contributed by atoms with Crippen LogP contribution in [0.1, 0.15) is 18.4 Å². The van der Waals surface area contributed by atoms with Gasteiger partial charge in [-0.25, -0.2) is 4.68 Å². The minimum Gasteiger partial charge on any atom is -0.330 e. The van der Waals surface area contributed by atoms with E-state index in [1.165, 1.54) is 0 Å². The molecule has 1 aromatic carbocycles. The first-order valence-corrected chi connectivity index (χ1v) is 5.59. The summed E-state index contributed by atoms with van der Waals surface area (Å²) in [4.78, 5) is 0. The number of aromatic nitrogens is 2. The summed E-state index contributed by atoms with van der Waals surface area (Å²) in [6.07, 6.45) is 3.85. The Morgan fingerprint density at radius 3 is 2.69 bits per heavy atom. The number of nitrogens with two attached hydrogens (primary N) is 1. The second kappa shape index (κ2) is 4.68. The summed E-state index contributed by atoms with van der Waals surface area (Å²) >= 11 is 5.83. The quantitative estimate of drug-likeness (QED) is 0.889. The highest BCUT2D eigenvalue weighted by Gasteiger charge is 2.06. The van der Waals surface area contributed by atoms with Crippen molar-refractivity contribution in [2.45, 2.75) is 12.8 Å². The third kappa shape index (κ3) is 2.26. The molecule has 1 unspecified atom stereocenters. The molecule has 0 aliphatic rings. The molecule has 3 nitrogen and oxygen atoms in total. The molecule has 2 rings (SSSR count). The Morgan fingerprint density at radius 2 is 2.06 bits per heavy atom. The summed E-state index contributed by atoms with van der Waals surface area (Å²) in [5.41, 5.74) is 7.77. The number of hydrogen-bond donors (Lipinski definition) is 1. The third-order valence-electron chi connectivity index (χ3n) is 2.62. The Balaban J connectivity index is 2.28. The molecule has 0 saturated heterocycles. The topological polar surface area (TPSA) is 43.8 Å². The summed E-state index contributed by atoms with van der Waals surface area (Å²) in [6, 6.07) is 7.58. The maximum absolute atomic E-state index is 5.83. The van der Waals surface area contributed by atoms with E-state index in [9.17, 15) is 0 Å². The molecular formula is C12H14ClN3. The van der Waals surface area contributed by atoms with E-state index in [-0.39, 0.29) is 0 Å². The molecule has 0 amide bonds. The molecule has 1 aromatic heterocycles. The first kappa shape index (κ1) is 11.2. The minimum absolute atomic E-state index is 0.334. The average molecular weight is 236 g/mol. The van der Waals surface area contributed by atoms with Gasteiger partial charge in [0, 0.05) is 11.2 Å². The van der Waals surface area contributed by atoms with Crippen molar-refractivity contribution in [2.75, 3.05) is 6.54 Å². The van der Waals surface area contributed by atoms with Crippen LogP contribution in [0.3, 0.4) is 0 Å². The number of rotatable bonds is 3. The average Bonchev–Trinajstić information content (AvgIpc) is 2.78. The number of nitrogens with zero attached hydrogens (tertiary/aromatic N) is 2. The second-order valence-electron chi connectivity index (χ2n) is 3.83. The molecule has 0 radical (unpaired) electrons. The zero-order chi connectivity index (χ0) is 11.5. The fourth-order valence-electron chi connectivity index (χ4n) is 1.46. The summed E-state index contributed by atoms with van der Waals surface area (Å²) < 4.78 is 1.83. The lowest BCUT2D eigenvalue weighted by Crippen LogP contribution is -2.07. The van der Waals surface area contributed by atoms with Crippen molar-refractivity contribution >= 4 is 11.6 Å². The van der Waals surface area contributed by atoms with Crippen molar-refractivity contribution in [3.8, 4) is 5.69 Å². The zero-order valence-corrected chi connectivity index (χ0v) is 9.85. The monoisotopic (exact) mass is 235 g/mol. The molecule has 1 atom stereocenters. The smallest absolute Gasteiger partial charge is 0.0646 e. The first-order valence-electron chi connectivity index (χ1n) is 5.21. The Hall–Kier alpha value is -1.32. The van der Waals surface area contributed by atoms with Crippen LogP contribution in [0.2, 0.25) is 5.02 Å². The Bertz CT molecular complexity index is 461. The van der Waals surface area contributed by atoms with E-state index in [0.29, 0.717) is 12.5 Å². The number of hydrogen-bond acceptors (Lipinski definition) is 2. The van der Waals surface area contributed by atoms with Crippen LogP contribution >= 0.6 is 11.6 Å². The number of benzene rings is 1. The van der Waals surface area contributed by atoms with Gasteiger partial charge in [-0.15, -0.1) is 0 Å². The number of halogens is 1. The van der Waals surface area contributed by atoms with Gasteiger partial charge in [-0.2, -0.15) is 5.10 Å². The van der Waals surface area contributed by atoms with Crippen molar-refractivity contribution in [3.05, 3.63) is 47.2 Å². The van der Waals surface area contributed by atoms with Gasteiger partial charge in [0.25, 0.3) is 0 Å². The van der Waals surface area contributed by atoms with Gasteiger partial charge in [-0.3, -0.25) is 0 Å². The van der Waals surface area contributed by atoms with Crippen LogP contribution in [0.25, 0.3) is 5.69 Å². The molecule has 2 N–H and O–H groups in total. The molecule has 84 valence electrons. The predicted octanol–water partition coefficient (Wildman–Crippen LogP) is 2.59. The molecule has 0 aliphatic heterocycles. The molecule has 0 saturated carbocycles. The second-order valence-corrected chi connectivity index (χ2v) is 4.27. The van der Waals surface area contributed by atoms with Crippen LogP contribution in [0.15, 0.2) is 36.7 Å². The molecule has 2 aromatic rings. The fourth-order valence-corrected chi connectivity index (χ4v) is 1.59. The van der Waals surface area contributed by atoms with Gasteiger partial charge in [0.1, 0.15) is 0 Å². The standard InChI is InChI=1S/C12H14ClN3/c1-9(6-14)10-7-15-16(8-10)12-4-2-11(13)3-5-12/h2-5,7-9H,6,14H2,1H3. The molecule has 4 heteroatoms. The predicted molar refractivity (Wildman–Crippen MR) is 66.0 cm³/mol. The third-order valence-corrected chi connectivity index (χ3v) is 2.87. The van der Waals surface area contributed by atoms with Crippen molar-refractivity contribution in [1.82, 2.24) is 9.78 Å². The summed E-state index contributed by atoms with van der Waals surface area (Å²) in [7, 11) is 0. The molecular weight excluding hydrogens is 222 g/mol. The Kier molecular flexibility index (Phi) is 3.27. The molecule has 0 aliphatic carbocycles. The van der Waals surface area contributed by atoms with E-state index < -0.39 is 0 Å². The molecule has 1 heterocycles. The van der Waals surface area contributed by atoms with E-state index in [1.807, 2.05) is 41.3 Å². The molecule has 0 fully saturated rings. The van der Waals surface area contributed by atoms with E-state index in [4.69, 9.17) is 17.3 Å². The van der Waals surface area contributed by atoms with Crippen LogP contribution in [0, 0.1) is 0 Å². The van der Waals surface area contributed by atoms with Crippen molar-refractivity contribution in [1.29, 1.82) is 0 Å². The van der Waals surface area contributed by atoms with Gasteiger partial charge in [-0.05, 0) is 42.3 Å². The van der Waals surface area contributed by atoms with Crippen molar-refractivity contribution in [2.24, 2.45) is 5.73 Å². The maximum Gasteiger partial charge on any atom is 0.0646 e. The molecule has 16 heavy (non-hydrogen) atoms. The Morgan fingerprint density at radius 1 is 1.38 bits per heavy atom. The fraction of sp³-hybridized carbons (Fsp3) is 0.250. The van der Waals surface area contributed by atoms with Gasteiger partial charge in [0.2, 0.25) is 0 Å². The van der Waals surface area contributed by atoms with Gasteiger partial charge >= 0.3 is 0 Å². The lowest BCUT2D eigenvalue weighted by Gasteiger charge is -2.04. The summed E-state index contributed by atoms with van der Waals surface area (Å²) in [5, 5.41) is 5.03. The largest absolute Gasteiger partial charge is 0.330 e. The zero-order valence-electron chi connectivity index (χ0n) is 9.10. The van der Waals surface area contributed by atoms with Crippen LogP contribution < -0.4 is 5.73 Å². The lowest BCUT2D eigenvalue weighted by atomic mass is 10.1. The van der Waals surface area contributed by atoms with E-state index in [1.54, 1.807) is 0 Å². The van der Waals surface area contributed by atoms with E-state index >= 15 is 0 Å². The highest BCUT2D eigenvalue weighted by Crippen LogP contribution is 2.16. The van der Waals surface area contributed by atoms with Crippen LogP contribution in [-0.4, -0.2) is 16.3 Å². The SMILES string of the molecule is CC(CN)c1cnn(-c2ccc(Cl)cc2)c1. The normalized spacial score (nSPS) is 12.7. The van der Waals surface area contributed by atoms with Crippen molar-refractivity contribution < 1.29 is 0 Å². The lowest BCUT2D eigenvalue weighted by molar-refractivity contribution is 0.773. The molecule has 0 spiro atoms. The van der Waals surface area contributed by atoms with Gasteiger partial charge in [0.15, 0.2) is 0 Å². The first-order chi connectivity index (χ1) is 7.70. The van der Waals surface area contributed by atoms with E-state index in [2.05, 4.69) is 12.0 Å². The summed E-state index contributed by atoms with van der Waals surface area (Å²) in [5.74, 6) is 0.334. The van der Waals surface area contributed by atoms with Gasteiger partial charge < -0.3 is 5.73 Å². The van der Waals surface area contributed by atoms with Crippen molar-refractivity contribution in [3.63, 3.8) is 0 Å². The minimum atomic E-state index is 0.334. The summed E-state index contributed by atoms with van der Waals surface area (Å²) in [6.45, 7) is 2.72. The molecule has 0 bridgehead atoms. The Labute approximate surface area is 99.8 Å². The highest BCUT2D eigenvalue weighted by molar-refractivity contribution is 6.30. The van der Waals surface area contributed by atoms with Crippen LogP contribution in [-0.2, 0) is 0 Å². The maximum atomic E-state index is 5.83. The van der Waals surface area contributed by atoms with Gasteiger partial charge in [-0.1, -0.05) is 18.5 Å². The highest BCUT2D eigenvalue weighted by atomic mass is 35.5. The van der Waals surface area contributed by atoms with Crippen LogP contribution in [0.4, 0.5) is 0 Å². The van der Waals surface area contributed by atoms with Gasteiger partial charge in [0.05, 0.1) is 11.9 Å². The van der Waals surface area contributed by atoms with Crippen LogP contribution in [0.5, 0.6) is 0 Å².